The highest BCUT2D eigenvalue weighted by Crippen LogP contribution is 2.84. The molecule has 5 unspecified atom stereocenters. The highest BCUT2D eigenvalue weighted by atomic mass is 16.6. The van der Waals surface area contributed by atoms with Gasteiger partial charge in [-0.1, -0.05) is 6.58 Å². The first-order chi connectivity index (χ1) is 7.91. The van der Waals surface area contributed by atoms with Crippen molar-refractivity contribution in [3.63, 3.8) is 0 Å². The Morgan fingerprint density at radius 2 is 2.06 bits per heavy atom. The van der Waals surface area contributed by atoms with Gasteiger partial charge in [0.25, 0.3) is 0 Å². The lowest BCUT2D eigenvalue weighted by Gasteiger charge is -2.70. The number of carbonyl (C=O) groups excluding carboxylic acids is 1. The SMILES string of the molecule is C=C(C)C(=O)OC12CC3CC4CC(O)(C1)C34C2. The zero-order valence-electron chi connectivity index (χ0n) is 10.2. The molecule has 1 N–H and O–H groups in total. The molecule has 0 radical (unpaired) electrons. The molecule has 4 rings (SSSR count). The Hall–Kier alpha value is -0.830. The lowest BCUT2D eigenvalue weighted by Crippen LogP contribution is -2.71. The zero-order valence-corrected chi connectivity index (χ0v) is 10.2. The van der Waals surface area contributed by atoms with Gasteiger partial charge >= 0.3 is 5.97 Å². The van der Waals surface area contributed by atoms with Crippen molar-refractivity contribution in [1.82, 2.24) is 0 Å². The summed E-state index contributed by atoms with van der Waals surface area (Å²) in [6, 6.07) is 0. The third kappa shape index (κ3) is 0.864. The van der Waals surface area contributed by atoms with Gasteiger partial charge in [0.05, 0.1) is 5.60 Å². The third-order valence-electron chi connectivity index (χ3n) is 5.98. The van der Waals surface area contributed by atoms with Crippen LogP contribution in [0.2, 0.25) is 0 Å². The van der Waals surface area contributed by atoms with Crippen molar-refractivity contribution in [2.45, 2.75) is 50.2 Å². The van der Waals surface area contributed by atoms with Crippen molar-refractivity contribution < 1.29 is 14.6 Å². The van der Waals surface area contributed by atoms with E-state index in [0.717, 1.165) is 19.3 Å². The predicted molar refractivity (Wildman–Crippen MR) is 61.1 cm³/mol. The summed E-state index contributed by atoms with van der Waals surface area (Å²) in [5.74, 6) is 1.01. The molecule has 3 heteroatoms. The molecule has 0 saturated heterocycles. The van der Waals surface area contributed by atoms with Gasteiger partial charge in [-0.25, -0.2) is 4.79 Å². The minimum atomic E-state index is -0.520. The van der Waals surface area contributed by atoms with Crippen molar-refractivity contribution in [3.05, 3.63) is 12.2 Å². The van der Waals surface area contributed by atoms with Crippen molar-refractivity contribution in [2.75, 3.05) is 0 Å². The third-order valence-corrected chi connectivity index (χ3v) is 5.98. The standard InChI is InChI=1S/C14H18O3/c1-8(2)11(15)17-12-4-9-3-10-5-13(16,6-12)14(9,10)7-12/h9-10,16H,1,3-7H2,2H3. The summed E-state index contributed by atoms with van der Waals surface area (Å²) in [7, 11) is 0. The molecule has 17 heavy (non-hydrogen) atoms. The van der Waals surface area contributed by atoms with Gasteiger partial charge in [-0.05, 0) is 44.4 Å². The van der Waals surface area contributed by atoms with E-state index in [2.05, 4.69) is 6.58 Å². The first-order valence-corrected chi connectivity index (χ1v) is 6.52. The van der Waals surface area contributed by atoms with Crippen LogP contribution in [0.5, 0.6) is 0 Å². The monoisotopic (exact) mass is 234 g/mol. The second kappa shape index (κ2) is 2.46. The van der Waals surface area contributed by atoms with Crippen molar-refractivity contribution in [3.8, 4) is 0 Å². The van der Waals surface area contributed by atoms with Crippen LogP contribution < -0.4 is 0 Å². The maximum atomic E-state index is 11.7. The summed E-state index contributed by atoms with van der Waals surface area (Å²) in [4.78, 5) is 11.7. The maximum Gasteiger partial charge on any atom is 0.333 e. The van der Waals surface area contributed by atoms with Gasteiger partial charge in [0.15, 0.2) is 0 Å². The van der Waals surface area contributed by atoms with Crippen molar-refractivity contribution in [2.24, 2.45) is 17.3 Å². The van der Waals surface area contributed by atoms with E-state index in [0.29, 0.717) is 23.8 Å². The number of aliphatic hydroxyl groups is 1. The number of esters is 1. The Labute approximate surface area is 101 Å². The first-order valence-electron chi connectivity index (χ1n) is 6.52. The highest BCUT2D eigenvalue weighted by Gasteiger charge is 2.85. The van der Waals surface area contributed by atoms with Gasteiger partial charge in [0.1, 0.15) is 5.60 Å². The molecule has 3 nitrogen and oxygen atoms in total. The Bertz CT molecular complexity index is 456. The molecular weight excluding hydrogens is 216 g/mol. The molecule has 2 bridgehead atoms. The molecule has 4 saturated carbocycles. The lowest BCUT2D eigenvalue weighted by molar-refractivity contribution is -0.288. The number of rotatable bonds is 2. The molecule has 4 aliphatic rings. The first kappa shape index (κ1) is 10.1. The fourth-order valence-electron chi connectivity index (χ4n) is 5.50. The fraction of sp³-hybridized carbons (Fsp3) is 0.786. The number of ether oxygens (including phenoxy) is 1. The summed E-state index contributed by atoms with van der Waals surface area (Å²) >= 11 is 0. The number of hydrogen-bond donors (Lipinski definition) is 1. The molecule has 0 aliphatic heterocycles. The van der Waals surface area contributed by atoms with Crippen LogP contribution >= 0.6 is 0 Å². The fourth-order valence-corrected chi connectivity index (χ4v) is 5.50. The van der Waals surface area contributed by atoms with Crippen LogP contribution in [0.15, 0.2) is 12.2 Å². The zero-order chi connectivity index (χ0) is 12.1. The van der Waals surface area contributed by atoms with E-state index >= 15 is 0 Å². The van der Waals surface area contributed by atoms with Crippen LogP contribution in [0.4, 0.5) is 0 Å². The molecule has 5 atom stereocenters. The van der Waals surface area contributed by atoms with Crippen molar-refractivity contribution >= 4 is 5.97 Å². The average molecular weight is 234 g/mol. The second-order valence-electron chi connectivity index (χ2n) is 6.82. The van der Waals surface area contributed by atoms with E-state index < -0.39 is 5.60 Å². The number of fused-ring (bicyclic) bond motifs is 1. The number of carbonyl (C=O) groups is 1. The van der Waals surface area contributed by atoms with Gasteiger partial charge in [-0.15, -0.1) is 0 Å². The molecule has 0 aromatic rings. The molecular formula is C14H18O3. The highest BCUT2D eigenvalue weighted by molar-refractivity contribution is 5.87. The van der Waals surface area contributed by atoms with Crippen LogP contribution in [0.3, 0.4) is 0 Å². The van der Waals surface area contributed by atoms with Crippen LogP contribution in [0, 0.1) is 17.3 Å². The van der Waals surface area contributed by atoms with Gasteiger partial charge in [-0.3, -0.25) is 0 Å². The average Bonchev–Trinajstić information content (AvgIpc) is 2.61. The second-order valence-corrected chi connectivity index (χ2v) is 6.82. The molecule has 4 fully saturated rings. The molecule has 0 aromatic carbocycles. The quantitative estimate of drug-likeness (QED) is 0.585. The Balaban J connectivity index is 1.65. The van der Waals surface area contributed by atoms with Crippen molar-refractivity contribution in [1.29, 1.82) is 0 Å². The van der Waals surface area contributed by atoms with Gasteiger partial charge < -0.3 is 9.84 Å². The molecule has 4 aliphatic carbocycles. The molecule has 1 spiro atoms. The molecule has 0 heterocycles. The molecule has 0 aromatic heterocycles. The smallest absolute Gasteiger partial charge is 0.333 e. The Morgan fingerprint density at radius 3 is 2.59 bits per heavy atom. The van der Waals surface area contributed by atoms with E-state index in [1.165, 1.54) is 6.42 Å². The summed E-state index contributed by atoms with van der Waals surface area (Å²) < 4.78 is 5.69. The Kier molecular flexibility index (Phi) is 1.47. The van der Waals surface area contributed by atoms with E-state index in [1.807, 2.05) is 0 Å². The summed E-state index contributed by atoms with van der Waals surface area (Å²) in [5, 5.41) is 10.6. The normalized spacial score (nSPS) is 56.8. The van der Waals surface area contributed by atoms with Gasteiger partial charge in [0, 0.05) is 17.4 Å². The minimum absolute atomic E-state index is 0.127. The molecule has 92 valence electrons. The van der Waals surface area contributed by atoms with Gasteiger partial charge in [-0.2, -0.15) is 0 Å². The molecule has 0 amide bonds. The van der Waals surface area contributed by atoms with Crippen LogP contribution in [-0.4, -0.2) is 22.3 Å². The van der Waals surface area contributed by atoms with Crippen LogP contribution in [0.1, 0.15) is 39.0 Å². The Morgan fingerprint density at radius 1 is 1.35 bits per heavy atom. The van der Waals surface area contributed by atoms with E-state index in [9.17, 15) is 9.90 Å². The summed E-state index contributed by atoms with van der Waals surface area (Å²) in [6.07, 6.45) is 4.67. The van der Waals surface area contributed by atoms with Gasteiger partial charge in [0.2, 0.25) is 0 Å². The van der Waals surface area contributed by atoms with Crippen LogP contribution in [-0.2, 0) is 9.53 Å². The summed E-state index contributed by atoms with van der Waals surface area (Å²) in [5.41, 5.74) is -0.309. The van der Waals surface area contributed by atoms with Crippen LogP contribution in [0.25, 0.3) is 0 Å². The number of hydrogen-bond acceptors (Lipinski definition) is 3. The van der Waals surface area contributed by atoms with E-state index in [-0.39, 0.29) is 17.0 Å². The van der Waals surface area contributed by atoms with E-state index in [4.69, 9.17) is 4.74 Å². The summed E-state index contributed by atoms with van der Waals surface area (Å²) in [6.45, 7) is 5.32. The maximum absolute atomic E-state index is 11.7. The topological polar surface area (TPSA) is 46.5 Å². The minimum Gasteiger partial charge on any atom is -0.456 e. The lowest BCUT2D eigenvalue weighted by atomic mass is 9.36. The predicted octanol–water partition coefficient (Wildman–Crippen LogP) is 1.80. The largest absolute Gasteiger partial charge is 0.456 e. The van der Waals surface area contributed by atoms with E-state index in [1.54, 1.807) is 6.92 Å².